The number of hydrogen-bond acceptors (Lipinski definition) is 3. The Morgan fingerprint density at radius 3 is 2.89 bits per heavy atom. The van der Waals surface area contributed by atoms with E-state index in [-0.39, 0.29) is 11.9 Å². The Labute approximate surface area is 112 Å². The van der Waals surface area contributed by atoms with E-state index in [0.717, 1.165) is 5.82 Å². The Bertz CT molecular complexity index is 405. The Morgan fingerprint density at radius 1 is 1.58 bits per heavy atom. The van der Waals surface area contributed by atoms with Gasteiger partial charge < -0.3 is 20.3 Å². The molecule has 1 heterocycles. The average Bonchev–Trinajstić information content (AvgIpc) is 2.86. The van der Waals surface area contributed by atoms with Crippen LogP contribution in [0.25, 0.3) is 0 Å². The molecule has 19 heavy (non-hydrogen) atoms. The van der Waals surface area contributed by atoms with Gasteiger partial charge in [0.25, 0.3) is 0 Å². The number of imidazole rings is 1. The molecule has 0 aliphatic carbocycles. The summed E-state index contributed by atoms with van der Waals surface area (Å²) in [6.45, 7) is 2.54. The van der Waals surface area contributed by atoms with Crippen LogP contribution in [0.3, 0.4) is 0 Å². The Hall–Kier alpha value is -2.05. The van der Waals surface area contributed by atoms with Gasteiger partial charge in [-0.1, -0.05) is 6.92 Å². The number of aliphatic carboxylic acids is 1. The predicted octanol–water partition coefficient (Wildman–Crippen LogP) is 1.05. The first-order valence-corrected chi connectivity index (χ1v) is 6.20. The number of nitrogens with one attached hydrogen (secondary N) is 2. The van der Waals surface area contributed by atoms with E-state index in [2.05, 4.69) is 15.3 Å². The van der Waals surface area contributed by atoms with E-state index in [1.165, 1.54) is 4.90 Å². The first-order chi connectivity index (χ1) is 9.00. The third-order valence-electron chi connectivity index (χ3n) is 2.80. The van der Waals surface area contributed by atoms with Crippen LogP contribution in [0.1, 0.15) is 25.6 Å². The minimum absolute atomic E-state index is 0.195. The van der Waals surface area contributed by atoms with Gasteiger partial charge in [-0.05, 0) is 12.8 Å². The highest BCUT2D eigenvalue weighted by Crippen LogP contribution is 2.04. The van der Waals surface area contributed by atoms with Crippen molar-refractivity contribution >= 4 is 12.0 Å². The maximum atomic E-state index is 11.7. The fraction of sp³-hybridized carbons (Fsp3) is 0.583. The number of aromatic amines is 1. The summed E-state index contributed by atoms with van der Waals surface area (Å²) < 4.78 is 0. The number of H-pyrrole nitrogens is 1. The monoisotopic (exact) mass is 268 g/mol. The molecule has 0 aliphatic heterocycles. The van der Waals surface area contributed by atoms with Gasteiger partial charge in [0.2, 0.25) is 0 Å². The highest BCUT2D eigenvalue weighted by atomic mass is 16.4. The third kappa shape index (κ3) is 5.41. The molecule has 7 heteroatoms. The molecule has 0 saturated heterocycles. The summed E-state index contributed by atoms with van der Waals surface area (Å²) in [5.74, 6) is -0.462. The van der Waals surface area contributed by atoms with Crippen LogP contribution in [0.4, 0.5) is 4.79 Å². The van der Waals surface area contributed by atoms with Gasteiger partial charge in [0.15, 0.2) is 0 Å². The molecule has 2 amide bonds. The number of rotatable bonds is 7. The first kappa shape index (κ1) is 15.0. The zero-order valence-corrected chi connectivity index (χ0v) is 11.2. The van der Waals surface area contributed by atoms with Crippen molar-refractivity contribution in [3.63, 3.8) is 0 Å². The van der Waals surface area contributed by atoms with Crippen molar-refractivity contribution in [3.05, 3.63) is 18.2 Å². The maximum Gasteiger partial charge on any atom is 0.317 e. The van der Waals surface area contributed by atoms with Gasteiger partial charge in [0, 0.05) is 26.0 Å². The average molecular weight is 268 g/mol. The van der Waals surface area contributed by atoms with E-state index in [1.807, 2.05) is 0 Å². The van der Waals surface area contributed by atoms with E-state index < -0.39 is 5.97 Å². The lowest BCUT2D eigenvalue weighted by Crippen LogP contribution is -2.37. The lowest BCUT2D eigenvalue weighted by atomic mass is 10.1. The fourth-order valence-electron chi connectivity index (χ4n) is 1.54. The van der Waals surface area contributed by atoms with Crippen molar-refractivity contribution < 1.29 is 14.7 Å². The Morgan fingerprint density at radius 2 is 2.32 bits per heavy atom. The third-order valence-corrected chi connectivity index (χ3v) is 2.80. The maximum absolute atomic E-state index is 11.7. The first-order valence-electron chi connectivity index (χ1n) is 6.20. The van der Waals surface area contributed by atoms with Crippen molar-refractivity contribution in [1.29, 1.82) is 0 Å². The molecule has 0 bridgehead atoms. The van der Waals surface area contributed by atoms with E-state index in [4.69, 9.17) is 5.11 Å². The number of carboxylic acids is 1. The topological polar surface area (TPSA) is 98.3 Å². The second-order valence-corrected chi connectivity index (χ2v) is 4.51. The summed E-state index contributed by atoms with van der Waals surface area (Å²) in [6.07, 6.45) is 4.54. The second-order valence-electron chi connectivity index (χ2n) is 4.51. The molecule has 0 aromatic carbocycles. The molecule has 106 valence electrons. The number of amides is 2. The molecule has 3 N–H and O–H groups in total. The molecule has 0 saturated carbocycles. The van der Waals surface area contributed by atoms with Crippen LogP contribution in [0.2, 0.25) is 0 Å². The number of carboxylic acid groups (broad SMARTS) is 1. The minimum Gasteiger partial charge on any atom is -0.481 e. The molecule has 1 aromatic heterocycles. The molecular weight excluding hydrogens is 248 g/mol. The lowest BCUT2D eigenvalue weighted by molar-refractivity contribution is -0.141. The number of nitrogens with zero attached hydrogens (tertiary/aromatic N) is 2. The summed E-state index contributed by atoms with van der Waals surface area (Å²) in [6, 6.07) is -0.195. The van der Waals surface area contributed by atoms with Gasteiger partial charge in [-0.2, -0.15) is 0 Å². The van der Waals surface area contributed by atoms with E-state index >= 15 is 0 Å². The van der Waals surface area contributed by atoms with Crippen LogP contribution in [0, 0.1) is 5.92 Å². The summed E-state index contributed by atoms with van der Waals surface area (Å²) >= 11 is 0. The summed E-state index contributed by atoms with van der Waals surface area (Å²) in [5.41, 5.74) is 0. The van der Waals surface area contributed by atoms with Gasteiger partial charge in [-0.25, -0.2) is 9.78 Å². The summed E-state index contributed by atoms with van der Waals surface area (Å²) in [7, 11) is 1.68. The van der Waals surface area contributed by atoms with Crippen molar-refractivity contribution in [2.75, 3.05) is 13.6 Å². The fourth-order valence-corrected chi connectivity index (χ4v) is 1.54. The molecule has 7 nitrogen and oxygen atoms in total. The molecule has 0 aliphatic rings. The molecule has 1 unspecified atom stereocenters. The van der Waals surface area contributed by atoms with Crippen molar-refractivity contribution in [1.82, 2.24) is 20.2 Å². The van der Waals surface area contributed by atoms with Crippen LogP contribution in [0.15, 0.2) is 12.4 Å². The Balaban J connectivity index is 2.18. The number of carbonyl (C=O) groups excluding carboxylic acids is 1. The molecule has 1 rings (SSSR count). The van der Waals surface area contributed by atoms with Crippen LogP contribution < -0.4 is 5.32 Å². The minimum atomic E-state index is -0.804. The van der Waals surface area contributed by atoms with E-state index in [1.54, 1.807) is 26.4 Å². The van der Waals surface area contributed by atoms with E-state index in [0.29, 0.717) is 25.9 Å². The summed E-state index contributed by atoms with van der Waals surface area (Å²) in [5, 5.41) is 11.5. The van der Waals surface area contributed by atoms with Crippen molar-refractivity contribution in [2.24, 2.45) is 5.92 Å². The standard InChI is InChI=1S/C12H20N4O3/c1-9(11(17)18)4-3-5-15-12(19)16(2)8-10-13-6-7-14-10/h6-7,9H,3-5,8H2,1-2H3,(H,13,14)(H,15,19)(H,17,18). The van der Waals surface area contributed by atoms with Crippen LogP contribution in [-0.2, 0) is 11.3 Å². The molecule has 0 radical (unpaired) electrons. The van der Waals surface area contributed by atoms with Crippen molar-refractivity contribution in [3.8, 4) is 0 Å². The molecule has 0 spiro atoms. The molecule has 1 atom stereocenters. The van der Waals surface area contributed by atoms with Gasteiger partial charge in [-0.3, -0.25) is 4.79 Å². The van der Waals surface area contributed by atoms with Crippen LogP contribution in [0.5, 0.6) is 0 Å². The predicted molar refractivity (Wildman–Crippen MR) is 69.5 cm³/mol. The van der Waals surface area contributed by atoms with Crippen LogP contribution >= 0.6 is 0 Å². The van der Waals surface area contributed by atoms with E-state index in [9.17, 15) is 9.59 Å². The Kier molecular flexibility index (Phi) is 5.84. The zero-order valence-electron chi connectivity index (χ0n) is 11.2. The lowest BCUT2D eigenvalue weighted by Gasteiger charge is -2.16. The largest absolute Gasteiger partial charge is 0.481 e. The second kappa shape index (κ2) is 7.40. The van der Waals surface area contributed by atoms with Crippen molar-refractivity contribution in [2.45, 2.75) is 26.3 Å². The highest BCUT2D eigenvalue weighted by molar-refractivity contribution is 5.73. The zero-order chi connectivity index (χ0) is 14.3. The molecular formula is C12H20N4O3. The van der Waals surface area contributed by atoms with Gasteiger partial charge >= 0.3 is 12.0 Å². The van der Waals surface area contributed by atoms with Gasteiger partial charge in [-0.15, -0.1) is 0 Å². The number of urea groups is 1. The van der Waals surface area contributed by atoms with Gasteiger partial charge in [0.1, 0.15) is 5.82 Å². The van der Waals surface area contributed by atoms with Gasteiger partial charge in [0.05, 0.1) is 12.5 Å². The van der Waals surface area contributed by atoms with Crippen LogP contribution in [-0.4, -0.2) is 45.6 Å². The number of hydrogen-bond donors (Lipinski definition) is 3. The smallest absolute Gasteiger partial charge is 0.317 e. The molecule has 1 aromatic rings. The molecule has 0 fully saturated rings. The summed E-state index contributed by atoms with van der Waals surface area (Å²) in [4.78, 5) is 30.8. The number of aromatic nitrogens is 2. The highest BCUT2D eigenvalue weighted by Gasteiger charge is 2.12. The normalized spacial score (nSPS) is 11.9. The number of carbonyl (C=O) groups is 2. The SMILES string of the molecule is CC(CCCNC(=O)N(C)Cc1ncc[nH]1)C(=O)O. The quantitative estimate of drug-likeness (QED) is 0.644.